The van der Waals surface area contributed by atoms with Gasteiger partial charge in [0.1, 0.15) is 12.4 Å². The number of thioether (sulfide) groups is 1. The van der Waals surface area contributed by atoms with Gasteiger partial charge in [0, 0.05) is 11.9 Å². The molecule has 4 nitrogen and oxygen atoms in total. The molecule has 1 N–H and O–H groups in total. The Balaban J connectivity index is 1.73. The summed E-state index contributed by atoms with van der Waals surface area (Å²) in [5, 5.41) is 19.4. The third kappa shape index (κ3) is 5.46. The largest absolute Gasteiger partial charge is 0.491 e. The Hall–Kier alpha value is -2.03. The minimum atomic E-state index is -0.559. The fraction of sp³-hybridized carbons (Fsp3) is 0.250. The lowest BCUT2D eigenvalue weighted by atomic mass is 10.2. The minimum Gasteiger partial charge on any atom is -0.491 e. The van der Waals surface area contributed by atoms with Gasteiger partial charge in [-0.1, -0.05) is 18.2 Å². The highest BCUT2D eigenvalue weighted by molar-refractivity contribution is 7.99. The molecular weight excluding hydrogens is 284 g/mol. The molecular formula is C16H16N2O2S. The summed E-state index contributed by atoms with van der Waals surface area (Å²) in [6.45, 7) is 0.234. The van der Waals surface area contributed by atoms with Crippen LogP contribution in [-0.2, 0) is 6.42 Å². The number of aromatic nitrogens is 1. The zero-order chi connectivity index (χ0) is 14.9. The molecule has 2 aromatic rings. The number of hydrogen-bond donors (Lipinski definition) is 1. The zero-order valence-corrected chi connectivity index (χ0v) is 12.3. The topological polar surface area (TPSA) is 66.1 Å². The Morgan fingerprint density at radius 2 is 2.05 bits per heavy atom. The van der Waals surface area contributed by atoms with Crippen LogP contribution in [0.2, 0.25) is 0 Å². The van der Waals surface area contributed by atoms with Crippen molar-refractivity contribution in [1.82, 2.24) is 4.98 Å². The van der Waals surface area contributed by atoms with Gasteiger partial charge in [-0.3, -0.25) is 0 Å². The molecule has 0 amide bonds. The third-order valence-corrected chi connectivity index (χ3v) is 3.80. The quantitative estimate of drug-likeness (QED) is 0.796. The Labute approximate surface area is 128 Å². The lowest BCUT2D eigenvalue weighted by Crippen LogP contribution is -2.20. The summed E-state index contributed by atoms with van der Waals surface area (Å²) in [5.41, 5.74) is 0.955. The van der Waals surface area contributed by atoms with E-state index in [1.807, 2.05) is 42.5 Å². The first-order chi connectivity index (χ1) is 10.3. The Morgan fingerprint density at radius 3 is 2.71 bits per heavy atom. The van der Waals surface area contributed by atoms with Crippen molar-refractivity contribution in [3.63, 3.8) is 0 Å². The highest BCUT2D eigenvalue weighted by Crippen LogP contribution is 2.16. The first-order valence-electron chi connectivity index (χ1n) is 6.58. The van der Waals surface area contributed by atoms with E-state index in [1.54, 1.807) is 6.20 Å². The molecule has 1 unspecified atom stereocenters. The van der Waals surface area contributed by atoms with Gasteiger partial charge in [0.15, 0.2) is 0 Å². The molecule has 1 aromatic carbocycles. The van der Waals surface area contributed by atoms with Gasteiger partial charge in [-0.2, -0.15) is 5.26 Å². The van der Waals surface area contributed by atoms with E-state index in [4.69, 9.17) is 10.00 Å². The summed E-state index contributed by atoms with van der Waals surface area (Å²) in [6.07, 6.45) is 1.56. The summed E-state index contributed by atoms with van der Waals surface area (Å²) < 4.78 is 5.52. The number of aliphatic hydroxyl groups is 1. The predicted octanol–water partition coefficient (Wildman–Crippen LogP) is 2.68. The Kier molecular flexibility index (Phi) is 6.07. The second-order valence-electron chi connectivity index (χ2n) is 4.42. The van der Waals surface area contributed by atoms with Crippen LogP contribution in [0.15, 0.2) is 53.7 Å². The summed E-state index contributed by atoms with van der Waals surface area (Å²) in [5.74, 6) is 1.22. The molecule has 0 bridgehead atoms. The fourth-order valence-corrected chi connectivity index (χ4v) is 2.42. The molecule has 1 aromatic heterocycles. The fourth-order valence-electron chi connectivity index (χ4n) is 1.65. The van der Waals surface area contributed by atoms with Crippen LogP contribution in [0.3, 0.4) is 0 Å². The molecule has 0 aliphatic heterocycles. The summed E-state index contributed by atoms with van der Waals surface area (Å²) >= 11 is 1.50. The average molecular weight is 300 g/mol. The molecule has 2 rings (SSSR count). The van der Waals surface area contributed by atoms with E-state index in [9.17, 15) is 5.11 Å². The van der Waals surface area contributed by atoms with Crippen LogP contribution in [-0.4, -0.2) is 28.6 Å². The Morgan fingerprint density at radius 1 is 1.24 bits per heavy atom. The van der Waals surface area contributed by atoms with E-state index < -0.39 is 6.10 Å². The maximum absolute atomic E-state index is 9.89. The van der Waals surface area contributed by atoms with E-state index in [2.05, 4.69) is 11.1 Å². The van der Waals surface area contributed by atoms with Crippen LogP contribution < -0.4 is 4.74 Å². The number of nitriles is 1. The van der Waals surface area contributed by atoms with Crippen LogP contribution in [0.4, 0.5) is 0 Å². The van der Waals surface area contributed by atoms with Gasteiger partial charge < -0.3 is 9.84 Å². The number of nitrogens with zero attached hydrogens (tertiary/aromatic N) is 2. The van der Waals surface area contributed by atoms with Gasteiger partial charge in [0.05, 0.1) is 23.6 Å². The van der Waals surface area contributed by atoms with Crippen molar-refractivity contribution in [3.05, 3.63) is 54.2 Å². The second kappa shape index (κ2) is 8.30. The number of benzene rings is 1. The second-order valence-corrected chi connectivity index (χ2v) is 5.46. The van der Waals surface area contributed by atoms with E-state index in [0.29, 0.717) is 17.9 Å². The molecule has 0 aliphatic carbocycles. The van der Waals surface area contributed by atoms with Crippen molar-refractivity contribution in [2.45, 2.75) is 17.6 Å². The van der Waals surface area contributed by atoms with Crippen LogP contribution in [0, 0.1) is 11.3 Å². The Bertz CT molecular complexity index is 581. The first kappa shape index (κ1) is 15.4. The molecule has 108 valence electrons. The molecule has 1 atom stereocenters. The van der Waals surface area contributed by atoms with Gasteiger partial charge in [-0.15, -0.1) is 11.8 Å². The third-order valence-electron chi connectivity index (χ3n) is 2.71. The normalized spacial score (nSPS) is 11.6. The predicted molar refractivity (Wildman–Crippen MR) is 82.2 cm³/mol. The molecule has 0 spiro atoms. The molecule has 0 aliphatic rings. The van der Waals surface area contributed by atoms with Crippen LogP contribution in [0.25, 0.3) is 0 Å². The lowest BCUT2D eigenvalue weighted by molar-refractivity contribution is 0.126. The molecule has 0 saturated carbocycles. The minimum absolute atomic E-state index is 0.234. The van der Waals surface area contributed by atoms with Gasteiger partial charge >= 0.3 is 0 Å². The molecule has 21 heavy (non-hydrogen) atoms. The number of aliphatic hydroxyl groups excluding tert-OH is 1. The van der Waals surface area contributed by atoms with E-state index in [-0.39, 0.29) is 6.61 Å². The van der Waals surface area contributed by atoms with E-state index in [1.165, 1.54) is 11.8 Å². The van der Waals surface area contributed by atoms with Crippen molar-refractivity contribution in [2.75, 3.05) is 12.4 Å². The molecule has 1 heterocycles. The van der Waals surface area contributed by atoms with Gasteiger partial charge in [0.2, 0.25) is 0 Å². The maximum atomic E-state index is 9.89. The van der Waals surface area contributed by atoms with Gasteiger partial charge in [-0.05, 0) is 29.8 Å². The molecule has 5 heteroatoms. The number of ether oxygens (including phenoxy) is 1. The van der Waals surface area contributed by atoms with Crippen molar-refractivity contribution in [3.8, 4) is 11.8 Å². The van der Waals surface area contributed by atoms with Crippen molar-refractivity contribution >= 4 is 11.8 Å². The van der Waals surface area contributed by atoms with E-state index >= 15 is 0 Å². The number of pyridine rings is 1. The highest BCUT2D eigenvalue weighted by atomic mass is 32.2. The van der Waals surface area contributed by atoms with Gasteiger partial charge in [0.25, 0.3) is 0 Å². The average Bonchev–Trinajstić information content (AvgIpc) is 2.53. The summed E-state index contributed by atoms with van der Waals surface area (Å²) in [6, 6.07) is 15.1. The number of rotatable bonds is 7. The highest BCUT2D eigenvalue weighted by Gasteiger charge is 2.07. The molecule has 0 radical (unpaired) electrons. The monoisotopic (exact) mass is 300 g/mol. The van der Waals surface area contributed by atoms with Crippen molar-refractivity contribution < 1.29 is 9.84 Å². The number of hydrogen-bond acceptors (Lipinski definition) is 5. The standard InChI is InChI=1S/C16H16N2O2S/c17-9-8-13-4-6-15(7-5-13)20-11-14(19)12-21-16-3-1-2-10-18-16/h1-7,10,14,19H,8,11-12H2. The van der Waals surface area contributed by atoms with Crippen LogP contribution in [0.5, 0.6) is 5.75 Å². The van der Waals surface area contributed by atoms with Crippen molar-refractivity contribution in [2.24, 2.45) is 0 Å². The van der Waals surface area contributed by atoms with Crippen LogP contribution in [0.1, 0.15) is 5.56 Å². The van der Waals surface area contributed by atoms with Gasteiger partial charge in [-0.25, -0.2) is 4.98 Å². The SMILES string of the molecule is N#CCc1ccc(OCC(O)CSc2ccccn2)cc1. The first-order valence-corrected chi connectivity index (χ1v) is 7.57. The maximum Gasteiger partial charge on any atom is 0.119 e. The van der Waals surface area contributed by atoms with Crippen LogP contribution >= 0.6 is 11.8 Å². The molecule has 0 saturated heterocycles. The molecule has 0 fully saturated rings. The lowest BCUT2D eigenvalue weighted by Gasteiger charge is -2.12. The van der Waals surface area contributed by atoms with Crippen molar-refractivity contribution in [1.29, 1.82) is 5.26 Å². The summed E-state index contributed by atoms with van der Waals surface area (Å²) in [4.78, 5) is 4.18. The summed E-state index contributed by atoms with van der Waals surface area (Å²) in [7, 11) is 0. The smallest absolute Gasteiger partial charge is 0.119 e. The van der Waals surface area contributed by atoms with E-state index in [0.717, 1.165) is 10.6 Å². The zero-order valence-electron chi connectivity index (χ0n) is 11.5.